The summed E-state index contributed by atoms with van der Waals surface area (Å²) in [6.07, 6.45) is -0.0948. The number of hydrogen-bond acceptors (Lipinski definition) is 4. The summed E-state index contributed by atoms with van der Waals surface area (Å²) in [5.74, 6) is 0.315. The topological polar surface area (TPSA) is 44.8 Å². The van der Waals surface area contributed by atoms with Crippen molar-refractivity contribution in [2.45, 2.75) is 38.8 Å². The molecule has 4 heteroatoms. The number of methoxy groups -OCH3 is 1. The van der Waals surface area contributed by atoms with Crippen molar-refractivity contribution in [3.63, 3.8) is 0 Å². The Morgan fingerprint density at radius 3 is 2.79 bits per heavy atom. The van der Waals surface area contributed by atoms with Crippen LogP contribution in [0.4, 0.5) is 0 Å². The van der Waals surface area contributed by atoms with Crippen LogP contribution in [-0.4, -0.2) is 31.6 Å². The fraction of sp³-hybridized carbons (Fsp3) is 0.900. The van der Waals surface area contributed by atoms with E-state index in [1.54, 1.807) is 7.11 Å². The van der Waals surface area contributed by atoms with Gasteiger partial charge in [-0.25, -0.2) is 0 Å². The van der Waals surface area contributed by atoms with Crippen molar-refractivity contribution in [3.8, 4) is 0 Å². The zero-order valence-electron chi connectivity index (χ0n) is 8.73. The van der Waals surface area contributed by atoms with E-state index >= 15 is 0 Å². The Balaban J connectivity index is 2.20. The molecule has 2 aliphatic rings. The Hall–Kier alpha value is -0.610. The summed E-state index contributed by atoms with van der Waals surface area (Å²) in [4.78, 5) is 11.3. The maximum atomic E-state index is 11.3. The van der Waals surface area contributed by atoms with Crippen LogP contribution < -0.4 is 0 Å². The van der Waals surface area contributed by atoms with Crippen LogP contribution in [0.5, 0.6) is 0 Å². The van der Waals surface area contributed by atoms with Gasteiger partial charge >= 0.3 is 5.97 Å². The molecule has 2 aliphatic heterocycles. The van der Waals surface area contributed by atoms with Crippen molar-refractivity contribution < 1.29 is 19.0 Å². The molecule has 0 saturated carbocycles. The molecule has 0 amide bonds. The third-order valence-corrected chi connectivity index (χ3v) is 3.17. The highest BCUT2D eigenvalue weighted by Crippen LogP contribution is 2.37. The lowest BCUT2D eigenvalue weighted by Gasteiger charge is -2.23. The van der Waals surface area contributed by atoms with Crippen molar-refractivity contribution in [1.82, 2.24) is 0 Å². The van der Waals surface area contributed by atoms with Crippen LogP contribution in [0.3, 0.4) is 0 Å². The fourth-order valence-corrected chi connectivity index (χ4v) is 2.42. The zero-order valence-corrected chi connectivity index (χ0v) is 8.73. The fourth-order valence-electron chi connectivity index (χ4n) is 2.42. The van der Waals surface area contributed by atoms with Gasteiger partial charge in [-0.15, -0.1) is 0 Å². The molecule has 4 nitrogen and oxygen atoms in total. The molecule has 1 unspecified atom stereocenters. The van der Waals surface area contributed by atoms with Crippen molar-refractivity contribution >= 4 is 5.97 Å². The smallest absolute Gasteiger partial charge is 0.308 e. The first-order chi connectivity index (χ1) is 6.63. The highest BCUT2D eigenvalue weighted by atomic mass is 16.7. The predicted molar refractivity (Wildman–Crippen MR) is 48.5 cm³/mol. The lowest BCUT2D eigenvalue weighted by Crippen LogP contribution is -2.35. The Labute approximate surface area is 83.5 Å². The zero-order chi connectivity index (χ0) is 10.3. The highest BCUT2D eigenvalue weighted by Gasteiger charge is 2.49. The lowest BCUT2D eigenvalue weighted by atomic mass is 9.89. The van der Waals surface area contributed by atoms with E-state index in [1.807, 2.05) is 6.92 Å². The first kappa shape index (κ1) is 9.93. The van der Waals surface area contributed by atoms with E-state index in [0.29, 0.717) is 6.42 Å². The van der Waals surface area contributed by atoms with Gasteiger partial charge < -0.3 is 14.2 Å². The maximum Gasteiger partial charge on any atom is 0.308 e. The molecular formula is C10H16O4. The molecular weight excluding hydrogens is 184 g/mol. The lowest BCUT2D eigenvalue weighted by molar-refractivity contribution is -0.183. The largest absolute Gasteiger partial charge is 0.433 e. The van der Waals surface area contributed by atoms with Crippen LogP contribution in [0.15, 0.2) is 0 Å². The van der Waals surface area contributed by atoms with E-state index in [-0.39, 0.29) is 30.0 Å². The Kier molecular flexibility index (Phi) is 2.49. The quantitative estimate of drug-likeness (QED) is 0.591. The summed E-state index contributed by atoms with van der Waals surface area (Å²) in [5, 5.41) is 0. The SMILES string of the molecule is CO[C@H]1C2OC(=O)C[C@H](C)[C@H](O2)[C@@H]1C. The number of hydrogen-bond donors (Lipinski definition) is 0. The number of carbonyl (C=O) groups excluding carboxylic acids is 1. The molecule has 0 aliphatic carbocycles. The van der Waals surface area contributed by atoms with E-state index in [1.165, 1.54) is 0 Å². The molecule has 2 heterocycles. The normalized spacial score (nSPS) is 47.4. The van der Waals surface area contributed by atoms with E-state index < -0.39 is 6.29 Å². The monoisotopic (exact) mass is 200 g/mol. The van der Waals surface area contributed by atoms with Crippen LogP contribution in [0, 0.1) is 11.8 Å². The highest BCUT2D eigenvalue weighted by molar-refractivity contribution is 5.70. The third-order valence-electron chi connectivity index (χ3n) is 3.17. The molecule has 2 saturated heterocycles. The second-order valence-corrected chi connectivity index (χ2v) is 4.20. The Morgan fingerprint density at radius 2 is 2.14 bits per heavy atom. The average Bonchev–Trinajstić information content (AvgIpc) is 2.33. The van der Waals surface area contributed by atoms with Gasteiger partial charge in [0.15, 0.2) is 0 Å². The molecule has 0 N–H and O–H groups in total. The van der Waals surface area contributed by atoms with Gasteiger partial charge in [0.25, 0.3) is 0 Å². The molecule has 2 rings (SSSR count). The summed E-state index contributed by atoms with van der Waals surface area (Å²) in [6.45, 7) is 4.09. The van der Waals surface area contributed by atoms with E-state index in [2.05, 4.69) is 6.92 Å². The predicted octanol–water partition coefficient (Wildman–Crippen LogP) is 0.945. The minimum Gasteiger partial charge on any atom is -0.433 e. The van der Waals surface area contributed by atoms with Gasteiger partial charge in [0.05, 0.1) is 12.5 Å². The number of carbonyl (C=O) groups is 1. The minimum absolute atomic E-state index is 0.0800. The van der Waals surface area contributed by atoms with Crippen LogP contribution in [-0.2, 0) is 19.0 Å². The van der Waals surface area contributed by atoms with E-state index in [4.69, 9.17) is 14.2 Å². The number of fused-ring (bicyclic) bond motifs is 2. The third kappa shape index (κ3) is 1.42. The first-order valence-electron chi connectivity index (χ1n) is 5.01. The summed E-state index contributed by atoms with van der Waals surface area (Å²) in [6, 6.07) is 0. The van der Waals surface area contributed by atoms with Gasteiger partial charge in [0, 0.05) is 13.0 Å². The van der Waals surface area contributed by atoms with Crippen molar-refractivity contribution in [3.05, 3.63) is 0 Å². The summed E-state index contributed by atoms with van der Waals surface area (Å²) >= 11 is 0. The van der Waals surface area contributed by atoms with Gasteiger partial charge in [0.1, 0.15) is 6.10 Å². The van der Waals surface area contributed by atoms with Gasteiger partial charge in [-0.3, -0.25) is 4.79 Å². The molecule has 2 bridgehead atoms. The van der Waals surface area contributed by atoms with Gasteiger partial charge in [0.2, 0.25) is 6.29 Å². The second kappa shape index (κ2) is 3.51. The van der Waals surface area contributed by atoms with Gasteiger partial charge in [-0.05, 0) is 5.92 Å². The average molecular weight is 200 g/mol. The molecule has 14 heavy (non-hydrogen) atoms. The number of ether oxygens (including phenoxy) is 3. The van der Waals surface area contributed by atoms with E-state index in [9.17, 15) is 4.79 Å². The van der Waals surface area contributed by atoms with Crippen LogP contribution >= 0.6 is 0 Å². The molecule has 2 fully saturated rings. The van der Waals surface area contributed by atoms with E-state index in [0.717, 1.165) is 0 Å². The molecule has 0 radical (unpaired) electrons. The Bertz CT molecular complexity index is 240. The van der Waals surface area contributed by atoms with Crippen LogP contribution in [0.1, 0.15) is 20.3 Å². The molecule has 0 aromatic rings. The van der Waals surface area contributed by atoms with Gasteiger partial charge in [-0.2, -0.15) is 0 Å². The molecule has 0 spiro atoms. The van der Waals surface area contributed by atoms with Crippen LogP contribution in [0.2, 0.25) is 0 Å². The molecule has 80 valence electrons. The van der Waals surface area contributed by atoms with Gasteiger partial charge in [-0.1, -0.05) is 13.8 Å². The van der Waals surface area contributed by atoms with Crippen molar-refractivity contribution in [1.29, 1.82) is 0 Å². The number of rotatable bonds is 1. The minimum atomic E-state index is -0.502. The number of esters is 1. The maximum absolute atomic E-state index is 11.3. The standard InChI is InChI=1S/C10H16O4/c1-5-4-7(11)13-10-9(12-3)6(2)8(5)14-10/h5-6,8-10H,4H2,1-3H3/t5-,6-,8-,9+,10?/m0/s1. The molecule has 5 atom stereocenters. The summed E-state index contributed by atoms with van der Waals surface area (Å²) < 4.78 is 16.1. The van der Waals surface area contributed by atoms with Crippen LogP contribution in [0.25, 0.3) is 0 Å². The summed E-state index contributed by atoms with van der Waals surface area (Å²) in [7, 11) is 1.63. The molecule has 0 aromatic carbocycles. The summed E-state index contributed by atoms with van der Waals surface area (Å²) in [5.41, 5.74) is 0. The van der Waals surface area contributed by atoms with Crippen molar-refractivity contribution in [2.75, 3.05) is 7.11 Å². The molecule has 0 aromatic heterocycles. The Morgan fingerprint density at radius 1 is 1.43 bits per heavy atom. The second-order valence-electron chi connectivity index (χ2n) is 4.20. The first-order valence-corrected chi connectivity index (χ1v) is 5.01. The van der Waals surface area contributed by atoms with Crippen molar-refractivity contribution in [2.24, 2.45) is 11.8 Å².